The Morgan fingerprint density at radius 1 is 1.22 bits per heavy atom. The van der Waals surface area contributed by atoms with Crippen LogP contribution in [-0.4, -0.2) is 0 Å². The van der Waals surface area contributed by atoms with Crippen molar-refractivity contribution < 1.29 is 8.78 Å². The quantitative estimate of drug-likeness (QED) is 0.735. The van der Waals surface area contributed by atoms with Crippen molar-refractivity contribution in [3.63, 3.8) is 0 Å². The Balaban J connectivity index is 2.58. The van der Waals surface area contributed by atoms with E-state index < -0.39 is 11.6 Å². The zero-order valence-corrected chi connectivity index (χ0v) is 10.5. The van der Waals surface area contributed by atoms with Crippen LogP contribution >= 0.6 is 22.9 Å². The van der Waals surface area contributed by atoms with Crippen molar-refractivity contribution in [2.75, 3.05) is 0 Å². The molecule has 0 aliphatic rings. The van der Waals surface area contributed by atoms with Crippen LogP contribution in [0.25, 0.3) is 10.6 Å². The van der Waals surface area contributed by atoms with Crippen molar-refractivity contribution in [1.29, 1.82) is 5.26 Å². The molecule has 0 saturated carbocycles. The summed E-state index contributed by atoms with van der Waals surface area (Å²) in [5.41, 5.74) is 0.357. The molecule has 0 spiro atoms. The minimum absolute atomic E-state index is 0.0401. The lowest BCUT2D eigenvalue weighted by Crippen LogP contribution is -1.87. The highest BCUT2D eigenvalue weighted by molar-refractivity contribution is 7.11. The fourth-order valence-corrected chi connectivity index (χ4v) is 2.49. The summed E-state index contributed by atoms with van der Waals surface area (Å²) in [7, 11) is 0. The molecule has 0 saturated heterocycles. The van der Waals surface area contributed by atoms with Crippen molar-refractivity contribution in [3.8, 4) is 6.07 Å². The van der Waals surface area contributed by atoms with E-state index in [1.54, 1.807) is 17.5 Å². The molecular weight excluding hydrogens is 276 g/mol. The lowest BCUT2D eigenvalue weighted by atomic mass is 10.1. The Hall–Kier alpha value is -1.70. The number of thiophene rings is 1. The molecule has 0 bridgehead atoms. The third-order valence-corrected chi connectivity index (χ3v) is 3.51. The lowest BCUT2D eigenvalue weighted by Gasteiger charge is -2.03. The Bertz CT molecular complexity index is 621. The summed E-state index contributed by atoms with van der Waals surface area (Å²) in [6, 6.07) is 8.39. The van der Waals surface area contributed by atoms with E-state index in [2.05, 4.69) is 0 Å². The molecule has 0 unspecified atom stereocenters. The molecule has 0 aliphatic heterocycles. The van der Waals surface area contributed by atoms with E-state index in [0.717, 1.165) is 18.2 Å². The molecule has 0 amide bonds. The van der Waals surface area contributed by atoms with Gasteiger partial charge in [0.15, 0.2) is 0 Å². The number of benzene rings is 1. The zero-order chi connectivity index (χ0) is 13.1. The van der Waals surface area contributed by atoms with Gasteiger partial charge in [-0.3, -0.25) is 0 Å². The van der Waals surface area contributed by atoms with E-state index >= 15 is 0 Å². The highest BCUT2D eigenvalue weighted by Gasteiger charge is 2.12. The van der Waals surface area contributed by atoms with E-state index in [9.17, 15) is 8.78 Å². The molecule has 2 aromatic rings. The smallest absolute Gasteiger partial charge is 0.126 e. The topological polar surface area (TPSA) is 23.8 Å². The molecule has 18 heavy (non-hydrogen) atoms. The number of nitriles is 1. The average Bonchev–Trinajstić information content (AvgIpc) is 2.82. The van der Waals surface area contributed by atoms with Crippen molar-refractivity contribution in [2.45, 2.75) is 0 Å². The molecule has 0 atom stereocenters. The maximum Gasteiger partial charge on any atom is 0.126 e. The van der Waals surface area contributed by atoms with Gasteiger partial charge >= 0.3 is 0 Å². The van der Waals surface area contributed by atoms with Crippen molar-refractivity contribution in [3.05, 3.63) is 57.8 Å². The number of halogens is 3. The molecule has 1 aromatic carbocycles. The summed E-state index contributed by atoms with van der Waals surface area (Å²) in [6.07, 6.45) is 0. The van der Waals surface area contributed by atoms with Crippen LogP contribution in [0, 0.1) is 23.0 Å². The largest absolute Gasteiger partial charge is 0.207 e. The Morgan fingerprint density at radius 2 is 1.89 bits per heavy atom. The third kappa shape index (κ3) is 2.58. The van der Waals surface area contributed by atoms with Crippen LogP contribution in [0.4, 0.5) is 8.78 Å². The van der Waals surface area contributed by atoms with Gasteiger partial charge in [0.2, 0.25) is 0 Å². The lowest BCUT2D eigenvalue weighted by molar-refractivity contribution is 0.583. The van der Waals surface area contributed by atoms with Gasteiger partial charge in [-0.1, -0.05) is 17.7 Å². The van der Waals surface area contributed by atoms with Gasteiger partial charge in [0.1, 0.15) is 17.7 Å². The van der Waals surface area contributed by atoms with Gasteiger partial charge in [0, 0.05) is 16.5 Å². The number of hydrogen-bond acceptors (Lipinski definition) is 2. The predicted octanol–water partition coefficient (Wildman–Crippen LogP) is 4.66. The minimum Gasteiger partial charge on any atom is -0.207 e. The van der Waals surface area contributed by atoms with Crippen LogP contribution in [0.2, 0.25) is 0 Å². The molecule has 0 aliphatic carbocycles. The second kappa shape index (κ2) is 5.30. The SMILES string of the molecule is N#C/C(=C(/Cl)c1cc(F)cc(F)c1)c1cccs1. The number of nitrogens with zero attached hydrogens (tertiary/aromatic N) is 1. The maximum absolute atomic E-state index is 13.1. The molecule has 5 heteroatoms. The first-order valence-electron chi connectivity index (χ1n) is 4.92. The van der Waals surface area contributed by atoms with Crippen LogP contribution in [0.3, 0.4) is 0 Å². The van der Waals surface area contributed by atoms with Crippen molar-refractivity contribution >= 4 is 33.5 Å². The van der Waals surface area contributed by atoms with Gasteiger partial charge in [-0.2, -0.15) is 5.26 Å². The Labute approximate surface area is 112 Å². The van der Waals surface area contributed by atoms with Crippen molar-refractivity contribution in [1.82, 2.24) is 0 Å². The molecule has 0 radical (unpaired) electrons. The number of rotatable bonds is 2. The first kappa shape index (κ1) is 12.7. The van der Waals surface area contributed by atoms with Crippen LogP contribution in [0.1, 0.15) is 10.4 Å². The van der Waals surface area contributed by atoms with Gasteiger partial charge in [0.25, 0.3) is 0 Å². The van der Waals surface area contributed by atoms with E-state index in [4.69, 9.17) is 16.9 Å². The van der Waals surface area contributed by atoms with E-state index in [1.807, 2.05) is 6.07 Å². The summed E-state index contributed by atoms with van der Waals surface area (Å²) < 4.78 is 26.2. The van der Waals surface area contributed by atoms with Crippen LogP contribution < -0.4 is 0 Å². The van der Waals surface area contributed by atoms with Gasteiger partial charge in [-0.25, -0.2) is 8.78 Å². The Kier molecular flexibility index (Phi) is 3.75. The molecule has 0 N–H and O–H groups in total. The first-order valence-corrected chi connectivity index (χ1v) is 6.18. The van der Waals surface area contributed by atoms with Gasteiger partial charge in [-0.15, -0.1) is 11.3 Å². The van der Waals surface area contributed by atoms with Crippen LogP contribution in [0.15, 0.2) is 35.7 Å². The highest BCUT2D eigenvalue weighted by atomic mass is 35.5. The molecule has 1 heterocycles. The fraction of sp³-hybridized carbons (Fsp3) is 0. The fourth-order valence-electron chi connectivity index (χ4n) is 1.46. The molecule has 90 valence electrons. The number of hydrogen-bond donors (Lipinski definition) is 0. The summed E-state index contributed by atoms with van der Waals surface area (Å²) in [5, 5.41) is 10.9. The second-order valence-electron chi connectivity index (χ2n) is 3.44. The maximum atomic E-state index is 13.1. The normalized spacial score (nSPS) is 11.9. The first-order chi connectivity index (χ1) is 8.61. The van der Waals surface area contributed by atoms with E-state index in [1.165, 1.54) is 11.3 Å². The van der Waals surface area contributed by atoms with E-state index in [-0.39, 0.29) is 16.2 Å². The monoisotopic (exact) mass is 281 g/mol. The van der Waals surface area contributed by atoms with Crippen LogP contribution in [-0.2, 0) is 0 Å². The Morgan fingerprint density at radius 3 is 2.39 bits per heavy atom. The van der Waals surface area contributed by atoms with Gasteiger partial charge < -0.3 is 0 Å². The summed E-state index contributed by atoms with van der Waals surface area (Å²) in [6.45, 7) is 0. The zero-order valence-electron chi connectivity index (χ0n) is 8.95. The molecule has 1 nitrogen and oxygen atoms in total. The molecule has 0 fully saturated rings. The third-order valence-electron chi connectivity index (χ3n) is 2.21. The predicted molar refractivity (Wildman–Crippen MR) is 69.0 cm³/mol. The van der Waals surface area contributed by atoms with E-state index in [0.29, 0.717) is 4.88 Å². The summed E-state index contributed by atoms with van der Waals surface area (Å²) in [4.78, 5) is 0.659. The molecule has 1 aromatic heterocycles. The standard InChI is InChI=1S/C13H6ClF2NS/c14-13(8-4-9(15)6-10(16)5-8)11(7-17)12-2-1-3-18-12/h1-6H/b13-11-. The van der Waals surface area contributed by atoms with Crippen molar-refractivity contribution in [2.24, 2.45) is 0 Å². The molecular formula is C13H6ClF2NS. The van der Waals surface area contributed by atoms with Crippen LogP contribution in [0.5, 0.6) is 0 Å². The highest BCUT2D eigenvalue weighted by Crippen LogP contribution is 2.32. The average molecular weight is 282 g/mol. The summed E-state index contributed by atoms with van der Waals surface area (Å²) in [5.74, 6) is -1.46. The minimum atomic E-state index is -0.730. The van der Waals surface area contributed by atoms with Gasteiger partial charge in [0.05, 0.1) is 10.6 Å². The number of allylic oxidation sites excluding steroid dienone is 1. The van der Waals surface area contributed by atoms with Gasteiger partial charge in [-0.05, 0) is 23.6 Å². The second-order valence-corrected chi connectivity index (χ2v) is 4.76. The molecule has 2 rings (SSSR count). The summed E-state index contributed by atoms with van der Waals surface area (Å²) >= 11 is 7.37.